The molecule has 0 aromatic carbocycles. The van der Waals surface area contributed by atoms with Gasteiger partial charge in [0, 0.05) is 55.4 Å². The summed E-state index contributed by atoms with van der Waals surface area (Å²) in [5.74, 6) is -0.415. The van der Waals surface area contributed by atoms with Crippen molar-refractivity contribution in [2.75, 3.05) is 68.6 Å². The summed E-state index contributed by atoms with van der Waals surface area (Å²) >= 11 is 0. The second-order valence-electron chi connectivity index (χ2n) is 10.6. The largest absolute Gasteiger partial charge is 0.395 e. The average molecular weight is 507 g/mol. The fourth-order valence-corrected chi connectivity index (χ4v) is 7.07. The van der Waals surface area contributed by atoms with Gasteiger partial charge in [-0.05, 0) is 27.2 Å². The van der Waals surface area contributed by atoms with E-state index in [0.717, 1.165) is 12.8 Å². The van der Waals surface area contributed by atoms with Crippen LogP contribution < -0.4 is 10.6 Å². The summed E-state index contributed by atoms with van der Waals surface area (Å²) in [6.45, 7) is 8.02. The molecule has 10 heteroatoms. The van der Waals surface area contributed by atoms with Crippen molar-refractivity contribution in [3.8, 4) is 0 Å². The van der Waals surface area contributed by atoms with E-state index in [-0.39, 0.29) is 31.6 Å². The average Bonchev–Trinajstić information content (AvgIpc) is 2.76. The minimum atomic E-state index is -2.31. The molecule has 0 aliphatic heterocycles. The number of unbranched alkanes of at least 4 members (excludes halogenated alkanes) is 5. The van der Waals surface area contributed by atoms with Crippen LogP contribution >= 0.6 is 7.94 Å². The van der Waals surface area contributed by atoms with Gasteiger partial charge in [0.1, 0.15) is 6.61 Å². The van der Waals surface area contributed by atoms with Crippen LogP contribution in [-0.2, 0) is 14.1 Å². The van der Waals surface area contributed by atoms with E-state index in [1.165, 1.54) is 25.7 Å². The molecule has 0 fully saturated rings. The number of hydrogen-bond donors (Lipinski definition) is 3. The molecule has 0 heterocycles. The van der Waals surface area contributed by atoms with Gasteiger partial charge in [0.05, 0.1) is 17.4 Å². The van der Waals surface area contributed by atoms with Crippen molar-refractivity contribution in [1.29, 1.82) is 0 Å². The molecule has 3 N–H and O–H groups in total. The van der Waals surface area contributed by atoms with Crippen molar-refractivity contribution >= 4 is 19.8 Å². The lowest BCUT2D eigenvalue weighted by Crippen LogP contribution is -2.51. The smallest absolute Gasteiger partial charge is 0.369 e. The number of rotatable bonds is 18. The van der Waals surface area contributed by atoms with Gasteiger partial charge in [-0.1, -0.05) is 39.0 Å². The Morgan fingerprint density at radius 3 is 1.79 bits per heavy atom. The third kappa shape index (κ3) is 9.67. The molecule has 0 aromatic heterocycles. The van der Waals surface area contributed by atoms with Gasteiger partial charge in [-0.2, -0.15) is 4.52 Å². The van der Waals surface area contributed by atoms with Crippen LogP contribution in [0.4, 0.5) is 0 Å². The number of aliphatic hydroxyl groups excluding tert-OH is 1. The summed E-state index contributed by atoms with van der Waals surface area (Å²) in [6.07, 6.45) is 7.01. The van der Waals surface area contributed by atoms with Crippen LogP contribution in [0.15, 0.2) is 0 Å². The summed E-state index contributed by atoms with van der Waals surface area (Å²) < 4.78 is 12.4. The maximum absolute atomic E-state index is 13.1. The molecular formula is C24H53N5O4P+. The molecule has 9 nitrogen and oxygen atoms in total. The standard InChI is InChI=1S/C24H52N5O4P/c1-11-12-13-14-15-16-17-25-21(31)23(2,3)18-26-22(32)24(4,19-30)20-33-34(27(5)6,28(7)8)29(9)10/h30H,11-20H2,1-10H3,(H-,25,26,31,32)/p+1. The molecule has 2 amide bonds. The normalized spacial score (nSPS) is 14.5. The van der Waals surface area contributed by atoms with Crippen LogP contribution in [0.5, 0.6) is 0 Å². The van der Waals surface area contributed by atoms with Gasteiger partial charge in [0.2, 0.25) is 11.8 Å². The maximum Gasteiger partial charge on any atom is 0.369 e. The van der Waals surface area contributed by atoms with Crippen molar-refractivity contribution in [2.24, 2.45) is 10.8 Å². The minimum absolute atomic E-state index is 0.0440. The summed E-state index contributed by atoms with van der Waals surface area (Å²) in [5.41, 5.74) is -1.90. The molecule has 0 aliphatic rings. The molecule has 0 radical (unpaired) electrons. The monoisotopic (exact) mass is 506 g/mol. The highest BCUT2D eigenvalue weighted by Crippen LogP contribution is 2.65. The number of aliphatic hydroxyl groups is 1. The topological polar surface area (TPSA) is 97.4 Å². The maximum atomic E-state index is 13.1. The third-order valence-corrected chi connectivity index (χ3v) is 9.74. The van der Waals surface area contributed by atoms with Crippen molar-refractivity contribution in [3.05, 3.63) is 0 Å². The number of nitrogens with one attached hydrogen (secondary N) is 2. The first-order chi connectivity index (χ1) is 15.7. The molecule has 202 valence electrons. The molecule has 0 aliphatic carbocycles. The number of carbonyl (C=O) groups excluding carboxylic acids is 2. The van der Waals surface area contributed by atoms with Crippen molar-refractivity contribution < 1.29 is 19.2 Å². The lowest BCUT2D eigenvalue weighted by molar-refractivity contribution is -0.136. The Hall–Kier alpha value is -0.830. The number of nitrogens with zero attached hydrogens (tertiary/aromatic N) is 3. The van der Waals surface area contributed by atoms with Crippen LogP contribution in [0.25, 0.3) is 0 Å². The summed E-state index contributed by atoms with van der Waals surface area (Å²) in [7, 11) is 9.34. The molecule has 1 atom stereocenters. The van der Waals surface area contributed by atoms with Crippen LogP contribution in [0, 0.1) is 10.8 Å². The second kappa shape index (κ2) is 15.3. The zero-order valence-electron chi connectivity index (χ0n) is 23.5. The predicted molar refractivity (Wildman–Crippen MR) is 142 cm³/mol. The van der Waals surface area contributed by atoms with Crippen LogP contribution in [0.2, 0.25) is 0 Å². The fraction of sp³-hybridized carbons (Fsp3) is 0.917. The van der Waals surface area contributed by atoms with Gasteiger partial charge < -0.3 is 15.7 Å². The summed E-state index contributed by atoms with van der Waals surface area (Å²) in [6, 6.07) is 0. The third-order valence-electron chi connectivity index (χ3n) is 6.14. The number of hydrogen-bond acceptors (Lipinski definition) is 7. The molecule has 0 rings (SSSR count). The van der Waals surface area contributed by atoms with Crippen LogP contribution in [0.3, 0.4) is 0 Å². The van der Waals surface area contributed by atoms with Gasteiger partial charge in [0.15, 0.2) is 0 Å². The van der Waals surface area contributed by atoms with E-state index < -0.39 is 18.8 Å². The van der Waals surface area contributed by atoms with E-state index in [1.54, 1.807) is 6.92 Å². The van der Waals surface area contributed by atoms with Crippen LogP contribution in [-0.4, -0.2) is 99.5 Å². The highest BCUT2D eigenvalue weighted by Gasteiger charge is 2.52. The van der Waals surface area contributed by atoms with Crippen molar-refractivity contribution in [2.45, 2.75) is 66.2 Å². The predicted octanol–water partition coefficient (Wildman–Crippen LogP) is 2.98. The van der Waals surface area contributed by atoms with E-state index in [1.807, 2.05) is 70.1 Å². The first-order valence-corrected chi connectivity index (χ1v) is 14.0. The van der Waals surface area contributed by atoms with E-state index in [0.29, 0.717) is 6.54 Å². The Morgan fingerprint density at radius 2 is 1.32 bits per heavy atom. The lowest BCUT2D eigenvalue weighted by Gasteiger charge is -2.39. The molecule has 0 saturated carbocycles. The first kappa shape index (κ1) is 33.2. The van der Waals surface area contributed by atoms with Crippen molar-refractivity contribution in [3.63, 3.8) is 0 Å². The van der Waals surface area contributed by atoms with Gasteiger partial charge >= 0.3 is 7.94 Å². The SMILES string of the molecule is CCCCCCCCNC(=O)C(C)(C)CNC(=O)C(C)(CO)CO[P+](N(C)C)(N(C)C)N(C)C. The van der Waals surface area contributed by atoms with Gasteiger partial charge in [-0.15, -0.1) is 14.0 Å². The highest BCUT2D eigenvalue weighted by atomic mass is 31.2. The quantitative estimate of drug-likeness (QED) is 0.194. The van der Waals surface area contributed by atoms with Crippen molar-refractivity contribution in [1.82, 2.24) is 24.6 Å². The number of carbonyl (C=O) groups is 2. The lowest BCUT2D eigenvalue weighted by atomic mass is 9.89. The molecular weight excluding hydrogens is 453 g/mol. The molecule has 1 unspecified atom stereocenters. The summed E-state index contributed by atoms with van der Waals surface area (Å²) in [4.78, 5) is 25.7. The minimum Gasteiger partial charge on any atom is -0.395 e. The Balaban J connectivity index is 4.92. The van der Waals surface area contributed by atoms with Gasteiger partial charge in [0.25, 0.3) is 0 Å². The Morgan fingerprint density at radius 1 is 0.824 bits per heavy atom. The van der Waals surface area contributed by atoms with Crippen LogP contribution in [0.1, 0.15) is 66.2 Å². The Labute approximate surface area is 209 Å². The highest BCUT2D eigenvalue weighted by molar-refractivity contribution is 7.64. The zero-order valence-corrected chi connectivity index (χ0v) is 24.4. The van der Waals surface area contributed by atoms with E-state index in [2.05, 4.69) is 17.6 Å². The molecule has 0 aromatic rings. The van der Waals surface area contributed by atoms with Gasteiger partial charge in [-0.25, -0.2) is 0 Å². The van der Waals surface area contributed by atoms with E-state index >= 15 is 0 Å². The summed E-state index contributed by atoms with van der Waals surface area (Å²) in [5, 5.41) is 16.0. The van der Waals surface area contributed by atoms with Gasteiger partial charge in [-0.3, -0.25) is 9.59 Å². The second-order valence-corrected chi connectivity index (χ2v) is 14.3. The molecule has 0 bridgehead atoms. The first-order valence-electron chi connectivity index (χ1n) is 12.5. The molecule has 0 saturated heterocycles. The zero-order chi connectivity index (χ0) is 26.6. The Kier molecular flexibility index (Phi) is 14.9. The van der Waals surface area contributed by atoms with E-state index in [9.17, 15) is 14.7 Å². The molecule has 0 spiro atoms. The van der Waals surface area contributed by atoms with E-state index in [4.69, 9.17) is 4.52 Å². The number of amides is 2. The molecule has 34 heavy (non-hydrogen) atoms. The Bertz CT molecular complexity index is 594. The fourth-order valence-electron chi connectivity index (χ4n) is 3.77.